The number of rotatable bonds is 2. The van der Waals surface area contributed by atoms with Gasteiger partial charge in [0.05, 0.1) is 0 Å². The fourth-order valence-electron chi connectivity index (χ4n) is 2.00. The molecule has 0 atom stereocenters. The molecule has 0 fully saturated rings. The first kappa shape index (κ1) is 14.0. The Morgan fingerprint density at radius 1 is 1.10 bits per heavy atom. The second kappa shape index (κ2) is 5.84. The topological polar surface area (TPSA) is 42.0 Å². The molecule has 1 amide bonds. The maximum Gasteiger partial charge on any atom is 0.274 e. The van der Waals surface area contributed by atoms with Crippen LogP contribution in [0.5, 0.6) is 0 Å². The van der Waals surface area contributed by atoms with Crippen LogP contribution in [0, 0.1) is 0 Å². The molecule has 0 bridgehead atoms. The molecule has 21 heavy (non-hydrogen) atoms. The Balaban J connectivity index is 1.92. The van der Waals surface area contributed by atoms with E-state index in [1.54, 1.807) is 6.07 Å². The molecule has 0 unspecified atom stereocenters. The Hall–Kier alpha value is -1.91. The first-order valence-electron chi connectivity index (χ1n) is 6.26. The highest BCUT2D eigenvalue weighted by molar-refractivity contribution is 9.10. The van der Waals surface area contributed by atoms with Gasteiger partial charge in [-0.15, -0.1) is 0 Å². The number of amides is 1. The van der Waals surface area contributed by atoms with E-state index in [1.807, 2.05) is 48.5 Å². The number of nitrogens with one attached hydrogen (secondary N) is 1. The highest BCUT2D eigenvalue weighted by atomic mass is 79.9. The number of benzene rings is 2. The van der Waals surface area contributed by atoms with Crippen molar-refractivity contribution in [1.82, 2.24) is 4.98 Å². The maximum atomic E-state index is 12.3. The summed E-state index contributed by atoms with van der Waals surface area (Å²) in [6, 6.07) is 16.6. The number of carbonyl (C=O) groups excluding carboxylic acids is 1. The molecular weight excluding hydrogens is 352 g/mol. The predicted octanol–water partition coefficient (Wildman–Crippen LogP) is 4.90. The molecule has 0 spiro atoms. The van der Waals surface area contributed by atoms with E-state index in [2.05, 4.69) is 26.2 Å². The third-order valence-electron chi connectivity index (χ3n) is 3.03. The minimum Gasteiger partial charge on any atom is -0.321 e. The Bertz CT molecular complexity index is 818. The lowest BCUT2D eigenvalue weighted by atomic mass is 10.1. The summed E-state index contributed by atoms with van der Waals surface area (Å²) in [7, 11) is 0. The normalized spacial score (nSPS) is 10.6. The molecule has 1 heterocycles. The molecule has 0 aliphatic heterocycles. The number of carbonyl (C=O) groups is 1. The molecular formula is C16H10BrClN2O. The molecule has 3 rings (SSSR count). The van der Waals surface area contributed by atoms with Gasteiger partial charge in [0.15, 0.2) is 0 Å². The number of hydrogen-bond donors (Lipinski definition) is 1. The van der Waals surface area contributed by atoms with Gasteiger partial charge in [-0.1, -0.05) is 51.8 Å². The summed E-state index contributed by atoms with van der Waals surface area (Å²) >= 11 is 9.48. The van der Waals surface area contributed by atoms with Crippen LogP contribution in [0.3, 0.4) is 0 Å². The van der Waals surface area contributed by atoms with Crippen LogP contribution in [0.25, 0.3) is 10.8 Å². The van der Waals surface area contributed by atoms with Crippen molar-refractivity contribution in [1.29, 1.82) is 0 Å². The average molecular weight is 362 g/mol. The zero-order chi connectivity index (χ0) is 14.8. The largest absolute Gasteiger partial charge is 0.321 e. The number of halogens is 2. The van der Waals surface area contributed by atoms with Crippen molar-refractivity contribution in [2.24, 2.45) is 0 Å². The van der Waals surface area contributed by atoms with Gasteiger partial charge < -0.3 is 5.32 Å². The molecule has 1 N–H and O–H groups in total. The van der Waals surface area contributed by atoms with E-state index in [0.29, 0.717) is 16.5 Å². The van der Waals surface area contributed by atoms with E-state index >= 15 is 0 Å². The molecule has 3 nitrogen and oxygen atoms in total. The number of anilines is 1. The van der Waals surface area contributed by atoms with Crippen LogP contribution >= 0.6 is 27.5 Å². The van der Waals surface area contributed by atoms with Crippen molar-refractivity contribution in [2.75, 3.05) is 5.32 Å². The predicted molar refractivity (Wildman–Crippen MR) is 88.8 cm³/mol. The van der Waals surface area contributed by atoms with Gasteiger partial charge in [-0.25, -0.2) is 4.98 Å². The first-order chi connectivity index (χ1) is 10.1. The van der Waals surface area contributed by atoms with Crippen molar-refractivity contribution in [2.45, 2.75) is 0 Å². The van der Waals surface area contributed by atoms with Crippen molar-refractivity contribution in [3.63, 3.8) is 0 Å². The fraction of sp³-hybridized carbons (Fsp3) is 0. The quantitative estimate of drug-likeness (QED) is 0.659. The van der Waals surface area contributed by atoms with E-state index in [1.165, 1.54) is 0 Å². The van der Waals surface area contributed by atoms with E-state index < -0.39 is 0 Å². The van der Waals surface area contributed by atoms with Crippen LogP contribution in [0.1, 0.15) is 10.5 Å². The lowest BCUT2D eigenvalue weighted by Gasteiger charge is -2.07. The van der Waals surface area contributed by atoms with Crippen LogP contribution in [0.2, 0.25) is 5.15 Å². The van der Waals surface area contributed by atoms with Crippen LogP contribution in [-0.4, -0.2) is 10.9 Å². The van der Waals surface area contributed by atoms with Crippen molar-refractivity contribution >= 4 is 49.9 Å². The monoisotopic (exact) mass is 360 g/mol. The SMILES string of the molecule is O=C(Nc1ccc(Br)cc1)c1cc2ccccc2c(Cl)n1. The Morgan fingerprint density at radius 3 is 2.57 bits per heavy atom. The fourth-order valence-corrected chi connectivity index (χ4v) is 2.53. The summed E-state index contributed by atoms with van der Waals surface area (Å²) in [6.07, 6.45) is 0. The number of aromatic nitrogens is 1. The smallest absolute Gasteiger partial charge is 0.274 e. The summed E-state index contributed by atoms with van der Waals surface area (Å²) in [6.45, 7) is 0. The van der Waals surface area contributed by atoms with E-state index in [4.69, 9.17) is 11.6 Å². The number of nitrogens with zero attached hydrogens (tertiary/aromatic N) is 1. The molecule has 0 radical (unpaired) electrons. The van der Waals surface area contributed by atoms with Crippen molar-refractivity contribution in [3.05, 3.63) is 69.9 Å². The molecule has 3 aromatic rings. The Kier molecular flexibility index (Phi) is 3.90. The van der Waals surface area contributed by atoms with Gasteiger partial charge in [-0.2, -0.15) is 0 Å². The van der Waals surface area contributed by atoms with E-state index in [0.717, 1.165) is 15.2 Å². The van der Waals surface area contributed by atoms with Gasteiger partial charge in [0, 0.05) is 15.5 Å². The average Bonchev–Trinajstić information content (AvgIpc) is 2.49. The molecule has 0 saturated heterocycles. The lowest BCUT2D eigenvalue weighted by Crippen LogP contribution is -2.13. The lowest BCUT2D eigenvalue weighted by molar-refractivity contribution is 0.102. The van der Waals surface area contributed by atoms with Gasteiger partial charge >= 0.3 is 0 Å². The third-order valence-corrected chi connectivity index (χ3v) is 3.85. The van der Waals surface area contributed by atoms with Crippen molar-refractivity contribution in [3.8, 4) is 0 Å². The van der Waals surface area contributed by atoms with Gasteiger partial charge in [0.1, 0.15) is 10.8 Å². The Labute approximate surface area is 135 Å². The molecule has 1 aromatic heterocycles. The second-order valence-electron chi connectivity index (χ2n) is 4.48. The summed E-state index contributed by atoms with van der Waals surface area (Å²) < 4.78 is 0.951. The molecule has 0 saturated carbocycles. The van der Waals surface area contributed by atoms with Gasteiger partial charge in [0.25, 0.3) is 5.91 Å². The van der Waals surface area contributed by atoms with Crippen LogP contribution in [0.4, 0.5) is 5.69 Å². The molecule has 0 aliphatic carbocycles. The maximum absolute atomic E-state index is 12.3. The summed E-state index contributed by atoms with van der Waals surface area (Å²) in [4.78, 5) is 16.4. The number of pyridine rings is 1. The van der Waals surface area contributed by atoms with Gasteiger partial charge in [-0.05, 0) is 35.7 Å². The standard InChI is InChI=1S/C16H10BrClN2O/c17-11-5-7-12(8-6-11)19-16(21)14-9-10-3-1-2-4-13(10)15(18)20-14/h1-9H,(H,19,21). The van der Waals surface area contributed by atoms with Gasteiger partial charge in [0.2, 0.25) is 0 Å². The molecule has 104 valence electrons. The summed E-state index contributed by atoms with van der Waals surface area (Å²) in [5.41, 5.74) is 0.996. The molecule has 5 heteroatoms. The van der Waals surface area contributed by atoms with Crippen LogP contribution < -0.4 is 5.32 Å². The minimum atomic E-state index is -0.287. The van der Waals surface area contributed by atoms with Gasteiger partial charge in [-0.3, -0.25) is 4.79 Å². The summed E-state index contributed by atoms with van der Waals surface area (Å²) in [5, 5.41) is 4.84. The third kappa shape index (κ3) is 3.06. The summed E-state index contributed by atoms with van der Waals surface area (Å²) in [5.74, 6) is -0.287. The highest BCUT2D eigenvalue weighted by Crippen LogP contribution is 2.23. The second-order valence-corrected chi connectivity index (χ2v) is 5.75. The Morgan fingerprint density at radius 2 is 1.81 bits per heavy atom. The van der Waals surface area contributed by atoms with Crippen molar-refractivity contribution < 1.29 is 4.79 Å². The van der Waals surface area contributed by atoms with Crippen LogP contribution in [-0.2, 0) is 0 Å². The number of fused-ring (bicyclic) bond motifs is 1. The van der Waals surface area contributed by atoms with E-state index in [9.17, 15) is 4.79 Å². The van der Waals surface area contributed by atoms with E-state index in [-0.39, 0.29) is 5.91 Å². The minimum absolute atomic E-state index is 0.287. The first-order valence-corrected chi connectivity index (χ1v) is 7.43. The van der Waals surface area contributed by atoms with Crippen LogP contribution in [0.15, 0.2) is 59.1 Å². The molecule has 0 aliphatic rings. The highest BCUT2D eigenvalue weighted by Gasteiger charge is 2.11. The zero-order valence-electron chi connectivity index (χ0n) is 10.8. The molecule has 2 aromatic carbocycles. The zero-order valence-corrected chi connectivity index (χ0v) is 13.1. The number of hydrogen-bond acceptors (Lipinski definition) is 2.